The van der Waals surface area contributed by atoms with Crippen LogP contribution in [-0.2, 0) is 4.79 Å². The molecule has 0 unspecified atom stereocenters. The fourth-order valence-electron chi connectivity index (χ4n) is 4.62. The van der Waals surface area contributed by atoms with Crippen LogP contribution in [0.4, 0.5) is 4.39 Å². The van der Waals surface area contributed by atoms with E-state index in [-0.39, 0.29) is 17.2 Å². The Morgan fingerprint density at radius 2 is 1.97 bits per heavy atom. The molecule has 1 saturated carbocycles. The van der Waals surface area contributed by atoms with E-state index in [0.717, 1.165) is 34.8 Å². The average Bonchev–Trinajstić information content (AvgIpc) is 3.32. The molecule has 2 aliphatic heterocycles. The number of amides is 1. The zero-order chi connectivity index (χ0) is 22.4. The Hall–Kier alpha value is -3.00. The van der Waals surface area contributed by atoms with Gasteiger partial charge in [-0.3, -0.25) is 10.2 Å². The summed E-state index contributed by atoms with van der Waals surface area (Å²) in [5.74, 6) is -0.292. The van der Waals surface area contributed by atoms with Crippen molar-refractivity contribution in [2.45, 2.75) is 46.0 Å². The smallest absolute Gasteiger partial charge is 0.283 e. The monoisotopic (exact) mass is 449 g/mol. The maximum absolute atomic E-state index is 13.8. The van der Waals surface area contributed by atoms with Crippen molar-refractivity contribution in [1.29, 1.82) is 5.41 Å². The molecule has 6 nitrogen and oxygen atoms in total. The molecule has 3 heterocycles. The zero-order valence-corrected chi connectivity index (χ0v) is 18.9. The summed E-state index contributed by atoms with van der Waals surface area (Å²) in [7, 11) is 0. The predicted octanol–water partition coefficient (Wildman–Crippen LogP) is 5.43. The Morgan fingerprint density at radius 1 is 1.19 bits per heavy atom. The van der Waals surface area contributed by atoms with Crippen molar-refractivity contribution >= 4 is 39.8 Å². The standard InChI is InChI=1S/C24H24FN5OS/c1-14-11-17(15(2)29(14)19-10-6-9-18(25)13-19)12-20-21(26)30-24(27-22(20)31)32-23(28-30)16-7-4-3-5-8-16/h6,9-13,16,26H,3-5,7-8H2,1-2H3. The quantitative estimate of drug-likeness (QED) is 0.635. The molecule has 1 fully saturated rings. The number of thioether (sulfide) groups is 1. The van der Waals surface area contributed by atoms with Gasteiger partial charge in [0, 0.05) is 23.0 Å². The van der Waals surface area contributed by atoms with Crippen LogP contribution < -0.4 is 0 Å². The van der Waals surface area contributed by atoms with Crippen LogP contribution in [0.3, 0.4) is 0 Å². The van der Waals surface area contributed by atoms with Gasteiger partial charge in [-0.05, 0) is 74.4 Å². The number of rotatable bonds is 3. The number of hydrogen-bond donors (Lipinski definition) is 1. The number of carbonyl (C=O) groups is 1. The van der Waals surface area contributed by atoms with Gasteiger partial charge in [-0.25, -0.2) is 4.39 Å². The second-order valence-electron chi connectivity index (χ2n) is 8.43. The predicted molar refractivity (Wildman–Crippen MR) is 127 cm³/mol. The molecule has 0 atom stereocenters. The minimum atomic E-state index is -0.426. The van der Waals surface area contributed by atoms with E-state index in [1.54, 1.807) is 12.1 Å². The van der Waals surface area contributed by atoms with Crippen molar-refractivity contribution in [2.75, 3.05) is 0 Å². The highest BCUT2D eigenvalue weighted by atomic mass is 32.2. The van der Waals surface area contributed by atoms with E-state index >= 15 is 0 Å². The van der Waals surface area contributed by atoms with Gasteiger partial charge in [-0.15, -0.1) is 0 Å². The van der Waals surface area contributed by atoms with Crippen LogP contribution >= 0.6 is 11.8 Å². The maximum atomic E-state index is 13.8. The lowest BCUT2D eigenvalue weighted by atomic mass is 9.90. The van der Waals surface area contributed by atoms with Crippen LogP contribution in [0.2, 0.25) is 0 Å². The van der Waals surface area contributed by atoms with Gasteiger partial charge in [0.15, 0.2) is 5.84 Å². The van der Waals surface area contributed by atoms with Crippen LogP contribution in [0.5, 0.6) is 0 Å². The van der Waals surface area contributed by atoms with Gasteiger partial charge in [-0.2, -0.15) is 15.1 Å². The van der Waals surface area contributed by atoms with E-state index < -0.39 is 5.91 Å². The van der Waals surface area contributed by atoms with E-state index in [1.165, 1.54) is 48.2 Å². The lowest BCUT2D eigenvalue weighted by Gasteiger charge is -2.20. The largest absolute Gasteiger partial charge is 0.318 e. The van der Waals surface area contributed by atoms with Crippen LogP contribution in [0.1, 0.15) is 49.1 Å². The van der Waals surface area contributed by atoms with E-state index in [9.17, 15) is 9.18 Å². The van der Waals surface area contributed by atoms with Gasteiger partial charge in [0.1, 0.15) is 10.9 Å². The van der Waals surface area contributed by atoms with Crippen LogP contribution in [0, 0.1) is 31.0 Å². The summed E-state index contributed by atoms with van der Waals surface area (Å²) in [5, 5.41) is 16.3. The SMILES string of the molecule is Cc1cc(C=C2C(=N)N3N=C(C4CCCCC4)SC3=NC2=O)c(C)n1-c1cccc(F)c1. The number of fused-ring (bicyclic) bond motifs is 1. The van der Waals surface area contributed by atoms with Gasteiger partial charge < -0.3 is 4.57 Å². The molecule has 0 saturated heterocycles. The molecule has 2 aromatic rings. The van der Waals surface area contributed by atoms with Gasteiger partial charge >= 0.3 is 0 Å². The molecular weight excluding hydrogens is 425 g/mol. The molecule has 5 rings (SSSR count). The number of amidine groups is 2. The number of benzene rings is 1. The first-order chi connectivity index (χ1) is 15.4. The molecule has 8 heteroatoms. The number of nitrogens with zero attached hydrogens (tertiary/aromatic N) is 4. The van der Waals surface area contributed by atoms with Crippen molar-refractivity contribution in [3.05, 3.63) is 58.7 Å². The lowest BCUT2D eigenvalue weighted by molar-refractivity contribution is -0.114. The normalized spacial score (nSPS) is 20.6. The highest BCUT2D eigenvalue weighted by Crippen LogP contribution is 2.36. The number of carbonyl (C=O) groups excluding carboxylic acids is 1. The molecule has 1 aromatic heterocycles. The number of halogens is 1. The first-order valence-corrected chi connectivity index (χ1v) is 11.7. The Kier molecular flexibility index (Phi) is 5.33. The van der Waals surface area contributed by atoms with Gasteiger partial charge in [-0.1, -0.05) is 25.3 Å². The van der Waals surface area contributed by atoms with E-state index in [0.29, 0.717) is 16.8 Å². The van der Waals surface area contributed by atoms with Gasteiger partial charge in [0.05, 0.1) is 5.57 Å². The van der Waals surface area contributed by atoms with E-state index in [1.807, 2.05) is 30.5 Å². The lowest BCUT2D eigenvalue weighted by Crippen LogP contribution is -2.35. The molecular formula is C24H24FN5OS. The first kappa shape index (κ1) is 20.9. The number of aliphatic imine (C=N–C) groups is 1. The highest BCUT2D eigenvalue weighted by Gasteiger charge is 2.38. The second kappa shape index (κ2) is 8.16. The van der Waals surface area contributed by atoms with E-state index in [2.05, 4.69) is 10.1 Å². The molecule has 1 N–H and O–H groups in total. The fourth-order valence-corrected chi connectivity index (χ4v) is 5.68. The maximum Gasteiger partial charge on any atom is 0.283 e. The molecule has 0 radical (unpaired) electrons. The topological polar surface area (TPSA) is 73.8 Å². The minimum absolute atomic E-state index is 0.0499. The zero-order valence-electron chi connectivity index (χ0n) is 18.1. The highest BCUT2D eigenvalue weighted by molar-refractivity contribution is 8.27. The number of aromatic nitrogens is 1. The van der Waals surface area contributed by atoms with Crippen LogP contribution in [-0.4, -0.2) is 31.5 Å². The van der Waals surface area contributed by atoms with Crippen molar-refractivity contribution in [3.8, 4) is 5.69 Å². The molecule has 1 amide bonds. The number of hydrazone groups is 1. The molecule has 32 heavy (non-hydrogen) atoms. The summed E-state index contributed by atoms with van der Waals surface area (Å²) in [4.78, 5) is 17.0. The average molecular weight is 450 g/mol. The van der Waals surface area contributed by atoms with E-state index in [4.69, 9.17) is 5.41 Å². The van der Waals surface area contributed by atoms with Gasteiger partial charge in [0.25, 0.3) is 5.91 Å². The minimum Gasteiger partial charge on any atom is -0.318 e. The first-order valence-electron chi connectivity index (χ1n) is 10.9. The summed E-state index contributed by atoms with van der Waals surface area (Å²) in [5.41, 5.74) is 3.49. The molecule has 0 spiro atoms. The fraction of sp³-hybridized carbons (Fsp3) is 0.333. The molecule has 1 aliphatic carbocycles. The third-order valence-electron chi connectivity index (χ3n) is 6.26. The van der Waals surface area contributed by atoms with Crippen molar-refractivity contribution in [3.63, 3.8) is 0 Å². The molecule has 0 bridgehead atoms. The number of aryl methyl sites for hydroxylation is 1. The molecule has 164 valence electrons. The molecule has 1 aromatic carbocycles. The van der Waals surface area contributed by atoms with Crippen LogP contribution in [0.15, 0.2) is 46.0 Å². The Labute approximate surface area is 190 Å². The summed E-state index contributed by atoms with van der Waals surface area (Å²) in [6, 6.07) is 8.33. The van der Waals surface area contributed by atoms with Crippen LogP contribution in [0.25, 0.3) is 11.8 Å². The summed E-state index contributed by atoms with van der Waals surface area (Å²) in [6.07, 6.45) is 7.54. The third kappa shape index (κ3) is 3.62. The summed E-state index contributed by atoms with van der Waals surface area (Å²) in [6.45, 7) is 3.85. The summed E-state index contributed by atoms with van der Waals surface area (Å²) < 4.78 is 15.7. The second-order valence-corrected chi connectivity index (χ2v) is 9.42. The Balaban J connectivity index is 1.48. The van der Waals surface area contributed by atoms with Gasteiger partial charge in [0.2, 0.25) is 5.17 Å². The van der Waals surface area contributed by atoms with Crippen molar-refractivity contribution in [1.82, 2.24) is 9.58 Å². The van der Waals surface area contributed by atoms with Crippen molar-refractivity contribution < 1.29 is 9.18 Å². The van der Waals surface area contributed by atoms with Crippen molar-refractivity contribution in [2.24, 2.45) is 16.0 Å². The summed E-state index contributed by atoms with van der Waals surface area (Å²) >= 11 is 1.42. The molecule has 3 aliphatic rings. The number of hydrogen-bond acceptors (Lipinski definition) is 4. The third-order valence-corrected chi connectivity index (χ3v) is 7.33. The number of nitrogens with one attached hydrogen (secondary N) is 1. The Bertz CT molecular complexity index is 1220. The Morgan fingerprint density at radius 3 is 2.72 bits per heavy atom.